The maximum absolute atomic E-state index is 5.65. The van der Waals surface area contributed by atoms with E-state index in [-0.39, 0.29) is 16.9 Å². The molecule has 0 saturated carbocycles. The van der Waals surface area contributed by atoms with Crippen molar-refractivity contribution in [2.24, 2.45) is 16.7 Å². The molecule has 3 unspecified atom stereocenters. The molecule has 0 fully saturated rings. The molecule has 0 aromatic carbocycles. The highest BCUT2D eigenvalue weighted by atomic mass is 128. The van der Waals surface area contributed by atoms with E-state index in [2.05, 4.69) is 198 Å². The molecule has 0 spiro atoms. The molecule has 4 heteroatoms. The van der Waals surface area contributed by atoms with E-state index in [1.807, 2.05) is 7.11 Å². The van der Waals surface area contributed by atoms with Crippen molar-refractivity contribution in [3.8, 4) is 0 Å². The summed E-state index contributed by atoms with van der Waals surface area (Å²) in [5, 5.41) is 0. The van der Waals surface area contributed by atoms with Crippen molar-refractivity contribution in [1.29, 1.82) is 0 Å². The van der Waals surface area contributed by atoms with E-state index in [1.165, 1.54) is 39.0 Å². The fourth-order valence-corrected chi connectivity index (χ4v) is 6.40. The lowest BCUT2D eigenvalue weighted by Crippen LogP contribution is -2.33. The first-order valence-electron chi connectivity index (χ1n) is 16.3. The van der Waals surface area contributed by atoms with Gasteiger partial charge in [0.2, 0.25) is 0 Å². The van der Waals surface area contributed by atoms with E-state index < -0.39 is 0 Å². The van der Waals surface area contributed by atoms with Gasteiger partial charge in [-0.05, 0) is 77.2 Å². The van der Waals surface area contributed by atoms with E-state index in [0.29, 0.717) is 12.0 Å². The molecule has 0 aromatic rings. The Morgan fingerprint density at radius 1 is 0.717 bits per heavy atom. The Balaban J connectivity index is 0.00000518. The van der Waals surface area contributed by atoms with E-state index in [9.17, 15) is 0 Å². The Morgan fingerprint density at radius 3 is 1.70 bits per heavy atom. The first-order chi connectivity index (χ1) is 21.7. The summed E-state index contributed by atoms with van der Waals surface area (Å²) in [7, 11) is 3.63. The van der Waals surface area contributed by atoms with Crippen LogP contribution in [-0.4, -0.2) is 26.4 Å². The molecule has 2 aliphatic carbocycles. The van der Waals surface area contributed by atoms with Crippen LogP contribution in [0.5, 0.6) is 0 Å². The minimum absolute atomic E-state index is 0.134. The van der Waals surface area contributed by atoms with E-state index in [4.69, 9.17) is 9.47 Å². The Bertz CT molecular complexity index is 1320. The number of methoxy groups -OCH3 is 2. The summed E-state index contributed by atoms with van der Waals surface area (Å²) in [6.45, 7) is 22.4. The fraction of sp³-hybridized carbons (Fsp3) is 0.476. The molecule has 0 radical (unpaired) electrons. The molecule has 0 aromatic heterocycles. The number of hydrogen-bond donors (Lipinski definition) is 0. The zero-order chi connectivity index (χ0) is 34.9. The minimum atomic E-state index is 0.134. The maximum atomic E-state index is 5.65. The van der Waals surface area contributed by atoms with Crippen molar-refractivity contribution >= 4 is 37.2 Å². The molecule has 46 heavy (non-hydrogen) atoms. The van der Waals surface area contributed by atoms with Gasteiger partial charge in [0.1, 0.15) is 0 Å². The Kier molecular flexibility index (Phi) is 19.9. The van der Waals surface area contributed by atoms with Gasteiger partial charge in [0, 0.05) is 57.4 Å². The second kappa shape index (κ2) is 21.5. The lowest BCUT2D eigenvalue weighted by molar-refractivity contribution is 0.0627. The van der Waals surface area contributed by atoms with Gasteiger partial charge in [0.05, 0.1) is 12.2 Å². The molecule has 0 aliphatic heterocycles. The van der Waals surface area contributed by atoms with Crippen LogP contribution < -0.4 is 0 Å². The fourth-order valence-electron chi connectivity index (χ4n) is 6.40. The topological polar surface area (TPSA) is 18.5 Å². The Morgan fingerprint density at radius 2 is 1.22 bits per heavy atom. The molecule has 3 atom stereocenters. The zero-order valence-electron chi connectivity index (χ0n) is 30.6. The standard InChI is InChI=1S/C42H60O2.I2/c1-31(19-15-21-33(3)23-25-39-35(5)27-37(43-11)29-41(39,7)8)17-13-14-18-32(2)20-16-22-34(4)24-26-40-36(6)28-38(44-12)30-42(40,9)10;1-2/h13-27,37-39H,28-30H2,1-12H3;/b14-13+,19-15+,20-16+,25-23+,26-24+,31-17+,32-18+,33-21+,34-22+;. The van der Waals surface area contributed by atoms with Gasteiger partial charge in [0.15, 0.2) is 0 Å². The first kappa shape index (κ1) is 42.5. The largest absolute Gasteiger partial charge is 0.381 e. The monoisotopic (exact) mass is 850 g/mol. The van der Waals surface area contributed by atoms with Crippen LogP contribution in [0.1, 0.15) is 88.5 Å². The minimum Gasteiger partial charge on any atom is -0.381 e. The van der Waals surface area contributed by atoms with Crippen LogP contribution in [0, 0.1) is 16.7 Å². The van der Waals surface area contributed by atoms with Gasteiger partial charge < -0.3 is 9.47 Å². The molecule has 2 rings (SSSR count). The summed E-state index contributed by atoms with van der Waals surface area (Å²) < 4.78 is 11.3. The molecule has 2 nitrogen and oxygen atoms in total. The van der Waals surface area contributed by atoms with Crippen LogP contribution in [-0.2, 0) is 9.47 Å². The third-order valence-corrected chi connectivity index (χ3v) is 8.94. The molecule has 0 bridgehead atoms. The summed E-state index contributed by atoms with van der Waals surface area (Å²) in [5.74, 6) is 0.433. The average molecular weight is 851 g/mol. The SMILES string of the molecule is COC1C=C(C)C(/C=C/C(C)=C/C=C/C(C)=C/C=C/C=C(C)/C=C/C=C(C)/C=C/C2=C(C)CC(OC)CC2(C)C)C(C)(C)C1.II. The normalized spacial score (nSPS) is 24.9. The number of hydrogen-bond acceptors (Lipinski definition) is 2. The molecular formula is C42H60I2O2. The predicted molar refractivity (Wildman–Crippen MR) is 222 cm³/mol. The summed E-state index contributed by atoms with van der Waals surface area (Å²) >= 11 is 4.24. The van der Waals surface area contributed by atoms with Gasteiger partial charge in [-0.3, -0.25) is 0 Å². The van der Waals surface area contributed by atoms with Crippen molar-refractivity contribution in [3.63, 3.8) is 0 Å². The van der Waals surface area contributed by atoms with E-state index in [1.54, 1.807) is 7.11 Å². The highest BCUT2D eigenvalue weighted by Gasteiger charge is 2.35. The Labute approximate surface area is 306 Å². The zero-order valence-corrected chi connectivity index (χ0v) is 34.9. The summed E-state index contributed by atoms with van der Waals surface area (Å²) in [4.78, 5) is 0. The van der Waals surface area contributed by atoms with Gasteiger partial charge in [-0.25, -0.2) is 0 Å². The average Bonchev–Trinajstić information content (AvgIpc) is 2.98. The smallest absolute Gasteiger partial charge is 0.0760 e. The van der Waals surface area contributed by atoms with Gasteiger partial charge in [-0.15, -0.1) is 0 Å². The van der Waals surface area contributed by atoms with Gasteiger partial charge >= 0.3 is 0 Å². The molecule has 254 valence electrons. The van der Waals surface area contributed by atoms with Crippen molar-refractivity contribution in [3.05, 3.63) is 130 Å². The number of rotatable bonds is 12. The lowest BCUT2D eigenvalue weighted by atomic mass is 9.67. The van der Waals surface area contributed by atoms with Crippen LogP contribution in [0.25, 0.3) is 0 Å². The van der Waals surface area contributed by atoms with E-state index in [0.717, 1.165) is 19.3 Å². The quantitative estimate of drug-likeness (QED) is 0.111. The maximum Gasteiger partial charge on any atom is 0.0760 e. The second-order valence-corrected chi connectivity index (χ2v) is 14.1. The van der Waals surface area contributed by atoms with E-state index >= 15 is 0 Å². The van der Waals surface area contributed by atoms with Gasteiger partial charge in [-0.1, -0.05) is 152 Å². The van der Waals surface area contributed by atoms with Crippen molar-refractivity contribution < 1.29 is 9.47 Å². The predicted octanol–water partition coefficient (Wildman–Crippen LogP) is 13.5. The van der Waals surface area contributed by atoms with Gasteiger partial charge in [0.25, 0.3) is 0 Å². The number of halogens is 2. The third-order valence-electron chi connectivity index (χ3n) is 8.94. The van der Waals surface area contributed by atoms with Crippen LogP contribution in [0.15, 0.2) is 130 Å². The summed E-state index contributed by atoms with van der Waals surface area (Å²) in [6, 6.07) is 0. The molecule has 0 heterocycles. The van der Waals surface area contributed by atoms with Crippen molar-refractivity contribution in [2.75, 3.05) is 14.2 Å². The highest BCUT2D eigenvalue weighted by molar-refractivity contribution is 15.0. The van der Waals surface area contributed by atoms with Crippen molar-refractivity contribution in [1.82, 2.24) is 0 Å². The molecular weight excluding hydrogens is 790 g/mol. The Hall–Kier alpha value is -1.48. The van der Waals surface area contributed by atoms with Crippen LogP contribution >= 0.6 is 37.2 Å². The third kappa shape index (κ3) is 15.2. The van der Waals surface area contributed by atoms with Gasteiger partial charge in [-0.2, -0.15) is 0 Å². The molecule has 0 saturated heterocycles. The van der Waals surface area contributed by atoms with Crippen LogP contribution in [0.4, 0.5) is 0 Å². The van der Waals surface area contributed by atoms with Crippen LogP contribution in [0.3, 0.4) is 0 Å². The summed E-state index contributed by atoms with van der Waals surface area (Å²) in [6.07, 6.45) is 36.5. The number of ether oxygens (including phenoxy) is 2. The number of allylic oxidation sites excluding steroid dienone is 20. The second-order valence-electron chi connectivity index (χ2n) is 14.1. The van der Waals surface area contributed by atoms with Crippen molar-refractivity contribution in [2.45, 2.75) is 101 Å². The summed E-state index contributed by atoms with van der Waals surface area (Å²) in [5.41, 5.74) is 9.50. The van der Waals surface area contributed by atoms with Crippen LogP contribution in [0.2, 0.25) is 0 Å². The molecule has 2 aliphatic rings. The molecule has 0 N–H and O–H groups in total. The highest BCUT2D eigenvalue weighted by Crippen LogP contribution is 2.43. The first-order valence-corrected chi connectivity index (χ1v) is 22.6. The lowest BCUT2D eigenvalue weighted by Gasteiger charge is -2.39. The molecule has 0 amide bonds.